The molecule has 1 aromatic heterocycles. The van der Waals surface area contributed by atoms with Gasteiger partial charge in [-0.15, -0.1) is 0 Å². The van der Waals surface area contributed by atoms with Crippen molar-refractivity contribution in [1.82, 2.24) is 14.9 Å². The number of fused-ring (bicyclic) bond motifs is 1. The summed E-state index contributed by atoms with van der Waals surface area (Å²) < 4.78 is 0. The highest BCUT2D eigenvalue weighted by Crippen LogP contribution is 2.48. The Hall–Kier alpha value is -2.43. The smallest absolute Gasteiger partial charge is 0.226 e. The third-order valence-corrected chi connectivity index (χ3v) is 5.63. The highest BCUT2D eigenvalue weighted by atomic mass is 16.2. The maximum Gasteiger partial charge on any atom is 0.226 e. The fraction of sp³-hybridized carbons (Fsp3) is 0.476. The van der Waals surface area contributed by atoms with E-state index >= 15 is 0 Å². The summed E-state index contributed by atoms with van der Waals surface area (Å²) in [5.41, 5.74) is 3.51. The van der Waals surface area contributed by atoms with Crippen LogP contribution in [0.4, 0.5) is 5.82 Å². The van der Waals surface area contributed by atoms with Gasteiger partial charge in [-0.1, -0.05) is 30.3 Å². The summed E-state index contributed by atoms with van der Waals surface area (Å²) in [5, 5.41) is 0. The number of anilines is 1. The first-order chi connectivity index (χ1) is 12.6. The highest BCUT2D eigenvalue weighted by molar-refractivity contribution is 5.83. The second-order valence-corrected chi connectivity index (χ2v) is 7.40. The summed E-state index contributed by atoms with van der Waals surface area (Å²) in [4.78, 5) is 26.5. The summed E-state index contributed by atoms with van der Waals surface area (Å²) in [7, 11) is 2.05. The van der Waals surface area contributed by atoms with E-state index in [-0.39, 0.29) is 11.8 Å². The maximum atomic E-state index is 13.0. The number of carbonyl (C=O) groups excluding carboxylic acids is 1. The Morgan fingerprint density at radius 1 is 1.27 bits per heavy atom. The first-order valence-corrected chi connectivity index (χ1v) is 9.49. The molecule has 1 aliphatic heterocycles. The van der Waals surface area contributed by atoms with E-state index in [1.54, 1.807) is 0 Å². The van der Waals surface area contributed by atoms with Crippen LogP contribution in [0.3, 0.4) is 0 Å². The van der Waals surface area contributed by atoms with Gasteiger partial charge < -0.3 is 9.80 Å². The van der Waals surface area contributed by atoms with Crippen molar-refractivity contribution in [1.29, 1.82) is 0 Å². The fourth-order valence-corrected chi connectivity index (χ4v) is 3.94. The lowest BCUT2D eigenvalue weighted by Crippen LogP contribution is -2.39. The van der Waals surface area contributed by atoms with Crippen LogP contribution in [-0.4, -0.2) is 40.9 Å². The third kappa shape index (κ3) is 3.06. The lowest BCUT2D eigenvalue weighted by molar-refractivity contribution is -0.133. The molecule has 0 N–H and O–H groups in total. The van der Waals surface area contributed by atoms with Gasteiger partial charge >= 0.3 is 0 Å². The lowest BCUT2D eigenvalue weighted by atomic mass is 10.0. The van der Waals surface area contributed by atoms with Gasteiger partial charge in [-0.2, -0.15) is 0 Å². The Morgan fingerprint density at radius 2 is 2.04 bits per heavy atom. The van der Waals surface area contributed by atoms with E-state index in [1.165, 1.54) is 5.56 Å². The van der Waals surface area contributed by atoms with Crippen LogP contribution in [0.2, 0.25) is 0 Å². The number of aryl methyl sites for hydroxylation is 1. The van der Waals surface area contributed by atoms with Crippen LogP contribution in [-0.2, 0) is 17.8 Å². The van der Waals surface area contributed by atoms with Crippen molar-refractivity contribution in [3.05, 3.63) is 53.0 Å². The van der Waals surface area contributed by atoms with E-state index in [0.717, 1.165) is 48.8 Å². The van der Waals surface area contributed by atoms with Crippen molar-refractivity contribution in [2.24, 2.45) is 5.92 Å². The quantitative estimate of drug-likeness (QED) is 0.851. The number of benzene rings is 1. The number of nitrogens with zero attached hydrogens (tertiary/aromatic N) is 4. The molecular weight excluding hydrogens is 324 g/mol. The number of rotatable bonds is 4. The van der Waals surface area contributed by atoms with Crippen LogP contribution in [0.1, 0.15) is 41.9 Å². The second-order valence-electron chi connectivity index (χ2n) is 7.40. The molecule has 1 saturated carbocycles. The van der Waals surface area contributed by atoms with Crippen LogP contribution in [0.15, 0.2) is 30.3 Å². The minimum Gasteiger partial charge on any atom is -0.360 e. The molecule has 5 heteroatoms. The molecule has 0 radical (unpaired) electrons. The fourth-order valence-electron chi connectivity index (χ4n) is 3.94. The summed E-state index contributed by atoms with van der Waals surface area (Å²) in [6, 6.07) is 10.4. The van der Waals surface area contributed by atoms with Crippen LogP contribution in [0, 0.1) is 12.8 Å². The molecule has 136 valence electrons. The van der Waals surface area contributed by atoms with Gasteiger partial charge in [0.05, 0.1) is 12.2 Å². The Morgan fingerprint density at radius 3 is 2.77 bits per heavy atom. The molecule has 0 saturated heterocycles. The Balaban J connectivity index is 1.53. The SMILES string of the molecule is CCN(C)c1nc(C)nc2c1CN(C(=O)[C@H]1C[C@H]1c1ccccc1)CC2. The zero-order chi connectivity index (χ0) is 18.3. The van der Waals surface area contributed by atoms with Crippen LogP contribution >= 0.6 is 0 Å². The molecule has 2 atom stereocenters. The first kappa shape index (κ1) is 17.0. The second kappa shape index (κ2) is 6.71. The van der Waals surface area contributed by atoms with Crippen molar-refractivity contribution < 1.29 is 4.79 Å². The molecule has 2 aromatic rings. The van der Waals surface area contributed by atoms with E-state index in [4.69, 9.17) is 0 Å². The van der Waals surface area contributed by atoms with Gasteiger partial charge in [0.1, 0.15) is 11.6 Å². The molecule has 26 heavy (non-hydrogen) atoms. The minimum atomic E-state index is 0.137. The summed E-state index contributed by atoms with van der Waals surface area (Å²) in [6.45, 7) is 6.33. The highest BCUT2D eigenvalue weighted by Gasteiger charge is 2.46. The van der Waals surface area contributed by atoms with E-state index in [1.807, 2.05) is 17.9 Å². The van der Waals surface area contributed by atoms with E-state index in [2.05, 4.69) is 53.1 Å². The molecule has 2 aliphatic rings. The Bertz CT molecular complexity index is 820. The lowest BCUT2D eigenvalue weighted by Gasteiger charge is -2.31. The number of hydrogen-bond donors (Lipinski definition) is 0. The topological polar surface area (TPSA) is 49.3 Å². The monoisotopic (exact) mass is 350 g/mol. The van der Waals surface area contributed by atoms with Crippen LogP contribution in [0.25, 0.3) is 0 Å². The standard InChI is InChI=1S/C21H26N4O/c1-4-24(3)20-18-13-25(11-10-19(18)22-14(2)23-20)21(26)17-12-16(17)15-8-6-5-7-9-15/h5-9,16-17H,4,10-13H2,1-3H3/t16-,17-/m0/s1. The van der Waals surface area contributed by atoms with Gasteiger partial charge in [-0.3, -0.25) is 4.79 Å². The van der Waals surface area contributed by atoms with Crippen molar-refractivity contribution in [2.75, 3.05) is 25.0 Å². The van der Waals surface area contributed by atoms with Gasteiger partial charge in [0.25, 0.3) is 0 Å². The molecule has 4 rings (SSSR count). The maximum absolute atomic E-state index is 13.0. The number of aromatic nitrogens is 2. The Kier molecular flexibility index (Phi) is 4.39. The van der Waals surface area contributed by atoms with Gasteiger partial charge in [-0.05, 0) is 31.7 Å². The molecule has 1 aliphatic carbocycles. The molecule has 0 bridgehead atoms. The number of hydrogen-bond acceptors (Lipinski definition) is 4. The van der Waals surface area contributed by atoms with E-state index in [0.29, 0.717) is 12.5 Å². The van der Waals surface area contributed by atoms with E-state index in [9.17, 15) is 4.79 Å². The predicted octanol–water partition coefficient (Wildman–Crippen LogP) is 2.93. The largest absolute Gasteiger partial charge is 0.360 e. The number of amides is 1. The zero-order valence-corrected chi connectivity index (χ0v) is 15.8. The van der Waals surface area contributed by atoms with Gasteiger partial charge in [0.2, 0.25) is 5.91 Å². The summed E-state index contributed by atoms with van der Waals surface area (Å²) in [5.74, 6) is 2.60. The number of carbonyl (C=O) groups is 1. The first-order valence-electron chi connectivity index (χ1n) is 9.49. The van der Waals surface area contributed by atoms with Gasteiger partial charge in [0.15, 0.2) is 0 Å². The van der Waals surface area contributed by atoms with Crippen molar-refractivity contribution in [3.8, 4) is 0 Å². The molecule has 0 spiro atoms. The average molecular weight is 350 g/mol. The van der Waals surface area contributed by atoms with Gasteiger partial charge in [-0.25, -0.2) is 9.97 Å². The molecular formula is C21H26N4O. The third-order valence-electron chi connectivity index (χ3n) is 5.63. The Labute approximate surface area is 155 Å². The molecule has 1 fully saturated rings. The van der Waals surface area contributed by atoms with Crippen molar-refractivity contribution in [3.63, 3.8) is 0 Å². The molecule has 0 unspecified atom stereocenters. The van der Waals surface area contributed by atoms with Crippen molar-refractivity contribution >= 4 is 11.7 Å². The van der Waals surface area contributed by atoms with Gasteiger partial charge in [0, 0.05) is 38.0 Å². The normalized spacial score (nSPS) is 21.3. The molecule has 1 amide bonds. The molecule has 1 aromatic carbocycles. The predicted molar refractivity (Wildman–Crippen MR) is 102 cm³/mol. The summed E-state index contributed by atoms with van der Waals surface area (Å²) >= 11 is 0. The summed E-state index contributed by atoms with van der Waals surface area (Å²) in [6.07, 6.45) is 1.79. The van der Waals surface area contributed by atoms with Crippen LogP contribution < -0.4 is 4.90 Å². The minimum absolute atomic E-state index is 0.137. The van der Waals surface area contributed by atoms with Crippen molar-refractivity contribution in [2.45, 2.75) is 39.2 Å². The van der Waals surface area contributed by atoms with Crippen LogP contribution in [0.5, 0.6) is 0 Å². The molecule has 2 heterocycles. The van der Waals surface area contributed by atoms with E-state index < -0.39 is 0 Å². The molecule has 5 nitrogen and oxygen atoms in total. The zero-order valence-electron chi connectivity index (χ0n) is 15.8. The average Bonchev–Trinajstić information content (AvgIpc) is 3.47.